The lowest BCUT2D eigenvalue weighted by Gasteiger charge is -2.13. The molecule has 0 aliphatic heterocycles. The lowest BCUT2D eigenvalue weighted by Crippen LogP contribution is -2.19. The van der Waals surface area contributed by atoms with Gasteiger partial charge in [0, 0.05) is 18.3 Å². The van der Waals surface area contributed by atoms with Crippen molar-refractivity contribution in [1.29, 1.82) is 0 Å². The van der Waals surface area contributed by atoms with E-state index in [4.69, 9.17) is 4.74 Å². The first-order valence-electron chi connectivity index (χ1n) is 7.05. The average Bonchev–Trinajstić information content (AvgIpc) is 2.43. The number of ether oxygens (including phenoxy) is 1. The molecule has 0 radical (unpaired) electrons. The van der Waals surface area contributed by atoms with Crippen LogP contribution in [0.25, 0.3) is 0 Å². The number of rotatable bonds is 6. The van der Waals surface area contributed by atoms with Gasteiger partial charge in [-0.1, -0.05) is 32.0 Å². The summed E-state index contributed by atoms with van der Waals surface area (Å²) >= 11 is 0. The quantitative estimate of drug-likeness (QED) is 0.863. The second-order valence-corrected chi connectivity index (χ2v) is 5.32. The van der Waals surface area contributed by atoms with Crippen molar-refractivity contribution >= 4 is 0 Å². The maximum Gasteiger partial charge on any atom is 0.148 e. The summed E-state index contributed by atoms with van der Waals surface area (Å²) in [6, 6.07) is 12.0. The van der Waals surface area contributed by atoms with Gasteiger partial charge in [0.25, 0.3) is 0 Å². The van der Waals surface area contributed by atoms with Crippen LogP contribution in [-0.2, 0) is 6.54 Å². The minimum Gasteiger partial charge on any atom is -0.455 e. The zero-order valence-corrected chi connectivity index (χ0v) is 12.4. The third kappa shape index (κ3) is 4.07. The van der Waals surface area contributed by atoms with Crippen molar-refractivity contribution in [2.24, 2.45) is 5.92 Å². The van der Waals surface area contributed by atoms with E-state index in [0.29, 0.717) is 5.92 Å². The second kappa shape index (κ2) is 7.06. The van der Waals surface area contributed by atoms with Crippen molar-refractivity contribution in [2.75, 3.05) is 6.54 Å². The summed E-state index contributed by atoms with van der Waals surface area (Å²) in [4.78, 5) is 4.25. The molecule has 2 aromatic rings. The SMILES string of the molecule is Cc1ncccc1Oc1ccccc1CNCC(C)C. The standard InChI is InChI=1S/C17H22N2O/c1-13(2)11-18-12-15-7-4-5-8-17(15)20-16-9-6-10-19-14(16)3/h4-10,13,18H,11-12H2,1-3H3. The fourth-order valence-electron chi connectivity index (χ4n) is 1.94. The zero-order chi connectivity index (χ0) is 14.4. The van der Waals surface area contributed by atoms with Crippen molar-refractivity contribution in [2.45, 2.75) is 27.3 Å². The molecule has 0 aliphatic carbocycles. The first kappa shape index (κ1) is 14.5. The highest BCUT2D eigenvalue weighted by Crippen LogP contribution is 2.26. The Morgan fingerprint density at radius 3 is 2.60 bits per heavy atom. The largest absolute Gasteiger partial charge is 0.455 e. The Morgan fingerprint density at radius 2 is 1.85 bits per heavy atom. The van der Waals surface area contributed by atoms with Gasteiger partial charge in [-0.25, -0.2) is 0 Å². The molecule has 0 aliphatic rings. The van der Waals surface area contributed by atoms with E-state index in [1.54, 1.807) is 6.20 Å². The summed E-state index contributed by atoms with van der Waals surface area (Å²) in [5, 5.41) is 3.45. The van der Waals surface area contributed by atoms with Crippen molar-refractivity contribution < 1.29 is 4.74 Å². The van der Waals surface area contributed by atoms with Gasteiger partial charge < -0.3 is 10.1 Å². The number of pyridine rings is 1. The Morgan fingerprint density at radius 1 is 1.10 bits per heavy atom. The number of benzene rings is 1. The van der Waals surface area contributed by atoms with Gasteiger partial charge in [-0.15, -0.1) is 0 Å². The molecule has 3 nitrogen and oxygen atoms in total. The second-order valence-electron chi connectivity index (χ2n) is 5.32. The Kier molecular flexibility index (Phi) is 5.13. The van der Waals surface area contributed by atoms with Crippen LogP contribution in [-0.4, -0.2) is 11.5 Å². The Hall–Kier alpha value is -1.87. The first-order chi connectivity index (χ1) is 9.66. The molecule has 2 rings (SSSR count). The van der Waals surface area contributed by atoms with Gasteiger partial charge >= 0.3 is 0 Å². The van der Waals surface area contributed by atoms with Crippen molar-refractivity contribution in [3.8, 4) is 11.5 Å². The van der Waals surface area contributed by atoms with Crippen molar-refractivity contribution in [3.05, 3.63) is 53.9 Å². The van der Waals surface area contributed by atoms with E-state index < -0.39 is 0 Å². The van der Waals surface area contributed by atoms with Gasteiger partial charge in [-0.3, -0.25) is 4.98 Å². The Bertz CT molecular complexity index is 552. The number of hydrogen-bond donors (Lipinski definition) is 1. The molecule has 0 bridgehead atoms. The van der Waals surface area contributed by atoms with Crippen LogP contribution in [0.15, 0.2) is 42.6 Å². The highest BCUT2D eigenvalue weighted by molar-refractivity contribution is 5.38. The number of nitrogens with zero attached hydrogens (tertiary/aromatic N) is 1. The van der Waals surface area contributed by atoms with Gasteiger partial charge in [-0.05, 0) is 37.6 Å². The van der Waals surface area contributed by atoms with Crippen molar-refractivity contribution in [1.82, 2.24) is 10.3 Å². The molecule has 0 spiro atoms. The minimum absolute atomic E-state index is 0.642. The molecular weight excluding hydrogens is 248 g/mol. The Balaban J connectivity index is 2.10. The summed E-state index contributed by atoms with van der Waals surface area (Å²) in [5.41, 5.74) is 2.06. The molecule has 0 saturated carbocycles. The van der Waals surface area contributed by atoms with E-state index in [9.17, 15) is 0 Å². The maximum absolute atomic E-state index is 6.00. The fourth-order valence-corrected chi connectivity index (χ4v) is 1.94. The highest BCUT2D eigenvalue weighted by Gasteiger charge is 2.06. The lowest BCUT2D eigenvalue weighted by atomic mass is 10.2. The lowest BCUT2D eigenvalue weighted by molar-refractivity contribution is 0.463. The zero-order valence-electron chi connectivity index (χ0n) is 12.4. The summed E-state index contributed by atoms with van der Waals surface area (Å²) in [5.74, 6) is 2.34. The van der Waals surface area contributed by atoms with E-state index in [2.05, 4.69) is 30.2 Å². The number of para-hydroxylation sites is 1. The van der Waals surface area contributed by atoms with Gasteiger partial charge in [0.15, 0.2) is 0 Å². The summed E-state index contributed by atoms with van der Waals surface area (Å²) < 4.78 is 6.00. The fraction of sp³-hybridized carbons (Fsp3) is 0.353. The number of aromatic nitrogens is 1. The van der Waals surface area contributed by atoms with E-state index in [1.807, 2.05) is 37.3 Å². The Labute approximate surface area is 121 Å². The molecule has 0 amide bonds. The molecule has 1 aromatic heterocycles. The molecule has 0 fully saturated rings. The van der Waals surface area contributed by atoms with E-state index >= 15 is 0 Å². The van der Waals surface area contributed by atoms with Gasteiger partial charge in [0.1, 0.15) is 11.5 Å². The third-order valence-electron chi connectivity index (χ3n) is 3.02. The van der Waals surface area contributed by atoms with Gasteiger partial charge in [0.05, 0.1) is 5.69 Å². The minimum atomic E-state index is 0.642. The molecule has 106 valence electrons. The predicted molar refractivity (Wildman–Crippen MR) is 82.0 cm³/mol. The molecule has 3 heteroatoms. The molecule has 20 heavy (non-hydrogen) atoms. The number of nitrogens with one attached hydrogen (secondary N) is 1. The number of hydrogen-bond acceptors (Lipinski definition) is 3. The summed E-state index contributed by atoms with van der Waals surface area (Å²) in [6.45, 7) is 8.17. The molecule has 1 aromatic carbocycles. The van der Waals surface area contributed by atoms with Crippen LogP contribution in [0.5, 0.6) is 11.5 Å². The summed E-state index contributed by atoms with van der Waals surface area (Å²) in [6.07, 6.45) is 1.78. The van der Waals surface area contributed by atoms with E-state index in [1.165, 1.54) is 0 Å². The van der Waals surface area contributed by atoms with Crippen LogP contribution >= 0.6 is 0 Å². The molecule has 0 saturated heterocycles. The van der Waals surface area contributed by atoms with Gasteiger partial charge in [0.2, 0.25) is 0 Å². The third-order valence-corrected chi connectivity index (χ3v) is 3.02. The van der Waals surface area contributed by atoms with Gasteiger partial charge in [-0.2, -0.15) is 0 Å². The molecule has 1 heterocycles. The smallest absolute Gasteiger partial charge is 0.148 e. The normalized spacial score (nSPS) is 10.8. The van der Waals surface area contributed by atoms with E-state index in [-0.39, 0.29) is 0 Å². The van der Waals surface area contributed by atoms with Crippen LogP contribution in [0.2, 0.25) is 0 Å². The molecule has 0 unspecified atom stereocenters. The number of aryl methyl sites for hydroxylation is 1. The topological polar surface area (TPSA) is 34.1 Å². The monoisotopic (exact) mass is 270 g/mol. The maximum atomic E-state index is 6.00. The average molecular weight is 270 g/mol. The highest BCUT2D eigenvalue weighted by atomic mass is 16.5. The first-order valence-corrected chi connectivity index (χ1v) is 7.05. The molecular formula is C17H22N2O. The predicted octanol–water partition coefficient (Wildman–Crippen LogP) is 3.93. The summed E-state index contributed by atoms with van der Waals surface area (Å²) in [7, 11) is 0. The van der Waals surface area contributed by atoms with Crippen LogP contribution < -0.4 is 10.1 Å². The van der Waals surface area contributed by atoms with Crippen LogP contribution in [0.3, 0.4) is 0 Å². The van der Waals surface area contributed by atoms with Crippen LogP contribution in [0.4, 0.5) is 0 Å². The van der Waals surface area contributed by atoms with Crippen LogP contribution in [0.1, 0.15) is 25.1 Å². The van der Waals surface area contributed by atoms with Crippen LogP contribution in [0, 0.1) is 12.8 Å². The van der Waals surface area contributed by atoms with Crippen molar-refractivity contribution in [3.63, 3.8) is 0 Å². The molecule has 0 atom stereocenters. The molecule has 1 N–H and O–H groups in total. The van der Waals surface area contributed by atoms with E-state index in [0.717, 1.165) is 35.8 Å².